The molecule has 30 heavy (non-hydrogen) atoms. The lowest BCUT2D eigenvalue weighted by molar-refractivity contribution is 0.0126. The quantitative estimate of drug-likeness (QED) is 0.578. The van der Waals surface area contributed by atoms with Crippen molar-refractivity contribution in [2.45, 2.75) is 38.3 Å². The monoisotopic (exact) mass is 400 g/mol. The van der Waals surface area contributed by atoms with Gasteiger partial charge in [-0.25, -0.2) is 0 Å². The summed E-state index contributed by atoms with van der Waals surface area (Å²) in [5.74, 6) is 0.380. The van der Waals surface area contributed by atoms with Crippen molar-refractivity contribution >= 4 is 11.6 Å². The van der Waals surface area contributed by atoms with Gasteiger partial charge in [-0.15, -0.1) is 0 Å². The predicted molar refractivity (Wildman–Crippen MR) is 118 cm³/mol. The van der Waals surface area contributed by atoms with Crippen LogP contribution in [0.5, 0.6) is 0 Å². The van der Waals surface area contributed by atoms with E-state index in [1.165, 1.54) is 18.4 Å². The summed E-state index contributed by atoms with van der Waals surface area (Å²) in [7, 11) is 0. The summed E-state index contributed by atoms with van der Waals surface area (Å²) < 4.78 is 5.43. The zero-order chi connectivity index (χ0) is 20.4. The molecule has 1 amide bonds. The van der Waals surface area contributed by atoms with E-state index < -0.39 is 0 Å². The smallest absolute Gasteiger partial charge is 0.294 e. The third kappa shape index (κ3) is 3.80. The van der Waals surface area contributed by atoms with Crippen LogP contribution in [-0.4, -0.2) is 29.9 Å². The molecule has 2 aliphatic rings. The van der Waals surface area contributed by atoms with E-state index in [0.29, 0.717) is 11.2 Å². The summed E-state index contributed by atoms with van der Waals surface area (Å²) in [6.07, 6.45) is 6.16. The van der Waals surface area contributed by atoms with Gasteiger partial charge in [0.05, 0.1) is 6.26 Å². The largest absolute Gasteiger partial charge is 0.459 e. The normalized spacial score (nSPS) is 18.8. The van der Waals surface area contributed by atoms with Gasteiger partial charge in [0.1, 0.15) is 0 Å². The lowest BCUT2D eigenvalue weighted by atomic mass is 9.60. The van der Waals surface area contributed by atoms with E-state index in [1.807, 2.05) is 35.2 Å². The number of likely N-dealkylation sites (tertiary alicyclic amines) is 1. The lowest BCUT2D eigenvalue weighted by Gasteiger charge is -2.55. The van der Waals surface area contributed by atoms with E-state index in [0.717, 1.165) is 38.2 Å². The highest BCUT2D eigenvalue weighted by atomic mass is 16.3. The Bertz CT molecular complexity index is 953. The van der Waals surface area contributed by atoms with E-state index in [4.69, 9.17) is 4.42 Å². The van der Waals surface area contributed by atoms with Crippen LogP contribution in [0.15, 0.2) is 83.5 Å². The SMILES string of the molecule is O=C(c1ccco1)N(c1ccccc1)C1CC2(CCN(Cc3ccccc3)CC2)C1. The first-order valence-corrected chi connectivity index (χ1v) is 10.9. The molecule has 1 aromatic heterocycles. The van der Waals surface area contributed by atoms with Crippen molar-refractivity contribution in [3.05, 3.63) is 90.4 Å². The number of carbonyl (C=O) groups is 1. The van der Waals surface area contributed by atoms with Crippen molar-refractivity contribution in [1.29, 1.82) is 0 Å². The van der Waals surface area contributed by atoms with E-state index >= 15 is 0 Å². The summed E-state index contributed by atoms with van der Waals surface area (Å²) in [5.41, 5.74) is 2.73. The Morgan fingerprint density at radius 3 is 2.23 bits per heavy atom. The lowest BCUT2D eigenvalue weighted by Crippen LogP contribution is -2.56. The first-order chi connectivity index (χ1) is 14.7. The Labute approximate surface area is 178 Å². The zero-order valence-electron chi connectivity index (χ0n) is 17.2. The van der Waals surface area contributed by atoms with Crippen LogP contribution < -0.4 is 4.90 Å². The second-order valence-corrected chi connectivity index (χ2v) is 8.81. The zero-order valence-corrected chi connectivity index (χ0v) is 17.2. The molecule has 0 bridgehead atoms. The van der Waals surface area contributed by atoms with Gasteiger partial charge >= 0.3 is 0 Å². The molecule has 2 heterocycles. The van der Waals surface area contributed by atoms with Crippen LogP contribution in [0.4, 0.5) is 5.69 Å². The summed E-state index contributed by atoms with van der Waals surface area (Å²) in [6.45, 7) is 3.31. The van der Waals surface area contributed by atoms with Crippen LogP contribution in [-0.2, 0) is 6.54 Å². The summed E-state index contributed by atoms with van der Waals surface area (Å²) in [4.78, 5) is 17.7. The molecule has 154 valence electrons. The van der Waals surface area contributed by atoms with E-state index in [9.17, 15) is 4.79 Å². The standard InChI is InChI=1S/C26H28N2O2/c29-25(24-12-7-17-30-24)28(22-10-5-2-6-11-22)23-18-26(19-23)13-15-27(16-14-26)20-21-8-3-1-4-9-21/h1-12,17,23H,13-16,18-20H2. The number of anilines is 1. The maximum Gasteiger partial charge on any atom is 0.294 e. The van der Waals surface area contributed by atoms with Crippen LogP contribution in [0.1, 0.15) is 41.8 Å². The van der Waals surface area contributed by atoms with Gasteiger partial charge in [0, 0.05) is 18.3 Å². The number of carbonyl (C=O) groups excluding carboxylic acids is 1. The Hall–Kier alpha value is -2.85. The number of hydrogen-bond acceptors (Lipinski definition) is 3. The molecule has 0 unspecified atom stereocenters. The third-order valence-corrected chi connectivity index (χ3v) is 6.85. The number of rotatable bonds is 5. The second-order valence-electron chi connectivity index (χ2n) is 8.81. The third-order valence-electron chi connectivity index (χ3n) is 6.85. The van der Waals surface area contributed by atoms with Gasteiger partial charge in [-0.3, -0.25) is 9.69 Å². The first kappa shape index (κ1) is 19.1. The summed E-state index contributed by atoms with van der Waals surface area (Å²) >= 11 is 0. The highest BCUT2D eigenvalue weighted by Crippen LogP contribution is 2.52. The number of benzene rings is 2. The van der Waals surface area contributed by atoms with E-state index in [1.54, 1.807) is 18.4 Å². The molecule has 0 N–H and O–H groups in total. The van der Waals surface area contributed by atoms with Crippen molar-refractivity contribution in [1.82, 2.24) is 4.90 Å². The fraction of sp³-hybridized carbons (Fsp3) is 0.346. The van der Waals surface area contributed by atoms with Crippen molar-refractivity contribution in [3.8, 4) is 0 Å². The maximum atomic E-state index is 13.2. The molecule has 1 aliphatic heterocycles. The van der Waals surface area contributed by atoms with E-state index in [-0.39, 0.29) is 11.9 Å². The van der Waals surface area contributed by atoms with Gasteiger partial charge in [-0.05, 0) is 74.0 Å². The number of nitrogens with zero attached hydrogens (tertiary/aromatic N) is 2. The number of hydrogen-bond donors (Lipinski definition) is 0. The molecule has 2 fully saturated rings. The molecule has 2 aromatic carbocycles. The van der Waals surface area contributed by atoms with Crippen LogP contribution in [0.3, 0.4) is 0 Å². The molecule has 3 aromatic rings. The molecule has 0 atom stereocenters. The van der Waals surface area contributed by atoms with Gasteiger partial charge < -0.3 is 9.32 Å². The highest BCUT2D eigenvalue weighted by molar-refractivity contribution is 6.04. The molecule has 5 rings (SSSR count). The average molecular weight is 401 g/mol. The fourth-order valence-electron chi connectivity index (χ4n) is 5.16. The predicted octanol–water partition coefficient (Wildman–Crippen LogP) is 5.37. The Morgan fingerprint density at radius 2 is 1.60 bits per heavy atom. The molecular formula is C26H28N2O2. The molecule has 4 heteroatoms. The maximum absolute atomic E-state index is 13.2. The van der Waals surface area contributed by atoms with Crippen LogP contribution in [0.25, 0.3) is 0 Å². The highest BCUT2D eigenvalue weighted by Gasteiger charge is 2.49. The molecule has 1 saturated carbocycles. The average Bonchev–Trinajstić information content (AvgIpc) is 3.30. The van der Waals surface area contributed by atoms with Gasteiger partial charge in [0.15, 0.2) is 5.76 Å². The van der Waals surface area contributed by atoms with Crippen molar-refractivity contribution in [3.63, 3.8) is 0 Å². The van der Waals surface area contributed by atoms with Gasteiger partial charge in [-0.2, -0.15) is 0 Å². The number of piperidine rings is 1. The Morgan fingerprint density at radius 1 is 0.933 bits per heavy atom. The number of para-hydroxylation sites is 1. The number of amides is 1. The minimum Gasteiger partial charge on any atom is -0.459 e. The van der Waals surface area contributed by atoms with Crippen molar-refractivity contribution < 1.29 is 9.21 Å². The molecule has 0 radical (unpaired) electrons. The van der Waals surface area contributed by atoms with Gasteiger partial charge in [0.25, 0.3) is 5.91 Å². The van der Waals surface area contributed by atoms with Crippen LogP contribution in [0.2, 0.25) is 0 Å². The molecule has 1 saturated heterocycles. The minimum atomic E-state index is -0.0347. The molecular weight excluding hydrogens is 372 g/mol. The fourth-order valence-corrected chi connectivity index (χ4v) is 5.16. The molecule has 1 spiro atoms. The van der Waals surface area contributed by atoms with E-state index in [2.05, 4.69) is 35.2 Å². The van der Waals surface area contributed by atoms with Crippen LogP contribution >= 0.6 is 0 Å². The Kier molecular flexibility index (Phi) is 5.17. The van der Waals surface area contributed by atoms with Gasteiger partial charge in [-0.1, -0.05) is 48.5 Å². The topological polar surface area (TPSA) is 36.7 Å². The molecule has 1 aliphatic carbocycles. The molecule has 4 nitrogen and oxygen atoms in total. The van der Waals surface area contributed by atoms with Gasteiger partial charge in [0.2, 0.25) is 0 Å². The van der Waals surface area contributed by atoms with Crippen LogP contribution in [0, 0.1) is 5.41 Å². The first-order valence-electron chi connectivity index (χ1n) is 10.9. The van der Waals surface area contributed by atoms with Crippen molar-refractivity contribution in [2.24, 2.45) is 5.41 Å². The summed E-state index contributed by atoms with van der Waals surface area (Å²) in [5, 5.41) is 0. The number of furan rings is 1. The Balaban J connectivity index is 1.24. The summed E-state index contributed by atoms with van der Waals surface area (Å²) in [6, 6.07) is 24.5. The second kappa shape index (κ2) is 8.11. The minimum absolute atomic E-state index is 0.0347. The van der Waals surface area contributed by atoms with Crippen molar-refractivity contribution in [2.75, 3.05) is 18.0 Å².